The summed E-state index contributed by atoms with van der Waals surface area (Å²) in [5.41, 5.74) is 4.09. The molecular formula is C21H14BrClN2OS. The van der Waals surface area contributed by atoms with E-state index in [-0.39, 0.29) is 5.91 Å². The molecule has 4 aromatic rings. The number of hydrogen-bond donors (Lipinski definition) is 1. The van der Waals surface area contributed by atoms with Gasteiger partial charge in [0.1, 0.15) is 5.01 Å². The lowest BCUT2D eigenvalue weighted by molar-refractivity contribution is 0.102. The van der Waals surface area contributed by atoms with Crippen molar-refractivity contribution in [3.05, 3.63) is 81.3 Å². The van der Waals surface area contributed by atoms with Crippen LogP contribution in [0.2, 0.25) is 5.02 Å². The molecule has 0 atom stereocenters. The van der Waals surface area contributed by atoms with Crippen LogP contribution in [0.4, 0.5) is 5.69 Å². The summed E-state index contributed by atoms with van der Waals surface area (Å²) in [6, 6.07) is 19.2. The molecule has 0 saturated heterocycles. The Hall–Kier alpha value is -2.21. The van der Waals surface area contributed by atoms with Gasteiger partial charge in [0, 0.05) is 15.7 Å². The fraction of sp³-hybridized carbons (Fsp3) is 0.0476. The third-order valence-electron chi connectivity index (χ3n) is 4.20. The summed E-state index contributed by atoms with van der Waals surface area (Å²) in [4.78, 5) is 17.4. The number of amides is 1. The number of carbonyl (C=O) groups is 1. The monoisotopic (exact) mass is 456 g/mol. The Morgan fingerprint density at radius 1 is 1.11 bits per heavy atom. The van der Waals surface area contributed by atoms with E-state index in [0.717, 1.165) is 36.5 Å². The van der Waals surface area contributed by atoms with Crippen molar-refractivity contribution < 1.29 is 4.79 Å². The van der Waals surface area contributed by atoms with Crippen LogP contribution in [0, 0.1) is 6.92 Å². The van der Waals surface area contributed by atoms with Crippen molar-refractivity contribution in [2.24, 2.45) is 0 Å². The lowest BCUT2D eigenvalue weighted by Crippen LogP contribution is -2.13. The first kappa shape index (κ1) is 18.2. The largest absolute Gasteiger partial charge is 0.322 e. The zero-order valence-corrected chi connectivity index (χ0v) is 17.5. The van der Waals surface area contributed by atoms with E-state index in [0.29, 0.717) is 10.6 Å². The SMILES string of the molecule is Cc1ccc(-c2nc3ccccc3s2)cc1NC(=O)c1cc(Br)ccc1Cl. The molecule has 0 spiro atoms. The Labute approximate surface area is 174 Å². The van der Waals surface area contributed by atoms with Crippen LogP contribution in [0.1, 0.15) is 15.9 Å². The van der Waals surface area contributed by atoms with Gasteiger partial charge in [-0.05, 0) is 48.9 Å². The van der Waals surface area contributed by atoms with Crippen molar-refractivity contribution in [2.75, 3.05) is 5.32 Å². The number of hydrogen-bond acceptors (Lipinski definition) is 3. The van der Waals surface area contributed by atoms with Gasteiger partial charge in [0.05, 0.1) is 20.8 Å². The first-order valence-corrected chi connectivity index (χ1v) is 10.2. The van der Waals surface area contributed by atoms with Crippen LogP contribution in [-0.2, 0) is 0 Å². The molecule has 0 fully saturated rings. The number of aromatic nitrogens is 1. The number of nitrogens with one attached hydrogen (secondary N) is 1. The van der Waals surface area contributed by atoms with E-state index in [4.69, 9.17) is 16.6 Å². The van der Waals surface area contributed by atoms with Gasteiger partial charge in [0.2, 0.25) is 0 Å². The van der Waals surface area contributed by atoms with Crippen molar-refractivity contribution in [1.82, 2.24) is 4.98 Å². The average Bonchev–Trinajstić information content (AvgIpc) is 3.09. The van der Waals surface area contributed by atoms with Crippen molar-refractivity contribution in [3.63, 3.8) is 0 Å². The fourth-order valence-electron chi connectivity index (χ4n) is 2.75. The second-order valence-corrected chi connectivity index (χ2v) is 8.45. The molecule has 1 amide bonds. The normalized spacial score (nSPS) is 10.9. The Bertz CT molecular complexity index is 1140. The molecule has 1 N–H and O–H groups in total. The molecule has 6 heteroatoms. The molecule has 0 bridgehead atoms. The van der Waals surface area contributed by atoms with E-state index in [2.05, 4.69) is 27.3 Å². The van der Waals surface area contributed by atoms with Gasteiger partial charge in [0.15, 0.2) is 0 Å². The highest BCUT2D eigenvalue weighted by Gasteiger charge is 2.14. The number of thiazole rings is 1. The van der Waals surface area contributed by atoms with Crippen molar-refractivity contribution >= 4 is 60.7 Å². The summed E-state index contributed by atoms with van der Waals surface area (Å²) in [5, 5.41) is 4.31. The molecule has 0 radical (unpaired) electrons. The molecule has 1 aromatic heterocycles. The zero-order chi connectivity index (χ0) is 19.0. The Morgan fingerprint density at radius 2 is 1.93 bits per heavy atom. The van der Waals surface area contributed by atoms with Gasteiger partial charge < -0.3 is 5.32 Å². The Kier molecular flexibility index (Phi) is 5.00. The molecule has 27 heavy (non-hydrogen) atoms. The van der Waals surface area contributed by atoms with Crippen LogP contribution in [0.5, 0.6) is 0 Å². The van der Waals surface area contributed by atoms with Crippen LogP contribution in [0.15, 0.2) is 65.1 Å². The molecule has 134 valence electrons. The number of para-hydroxylation sites is 1. The van der Waals surface area contributed by atoms with Crippen molar-refractivity contribution in [2.45, 2.75) is 6.92 Å². The molecule has 3 nitrogen and oxygen atoms in total. The second kappa shape index (κ2) is 7.43. The third kappa shape index (κ3) is 3.76. The van der Waals surface area contributed by atoms with Crippen LogP contribution in [0.3, 0.4) is 0 Å². The van der Waals surface area contributed by atoms with E-state index in [1.807, 2.05) is 43.3 Å². The van der Waals surface area contributed by atoms with E-state index in [9.17, 15) is 4.79 Å². The molecular weight excluding hydrogens is 444 g/mol. The minimum Gasteiger partial charge on any atom is -0.322 e. The van der Waals surface area contributed by atoms with Crippen LogP contribution < -0.4 is 5.32 Å². The predicted molar refractivity (Wildman–Crippen MR) is 117 cm³/mol. The lowest BCUT2D eigenvalue weighted by Gasteiger charge is -2.11. The smallest absolute Gasteiger partial charge is 0.257 e. The molecule has 0 unspecified atom stereocenters. The summed E-state index contributed by atoms with van der Waals surface area (Å²) < 4.78 is 1.94. The maximum absolute atomic E-state index is 12.7. The van der Waals surface area contributed by atoms with Crippen LogP contribution in [-0.4, -0.2) is 10.9 Å². The Morgan fingerprint density at radius 3 is 2.74 bits per heavy atom. The van der Waals surface area contributed by atoms with Crippen LogP contribution in [0.25, 0.3) is 20.8 Å². The topological polar surface area (TPSA) is 42.0 Å². The minimum atomic E-state index is -0.245. The highest BCUT2D eigenvalue weighted by molar-refractivity contribution is 9.10. The number of halogens is 2. The second-order valence-electron chi connectivity index (χ2n) is 6.09. The first-order chi connectivity index (χ1) is 13.0. The quantitative estimate of drug-likeness (QED) is 0.362. The fourth-order valence-corrected chi connectivity index (χ4v) is 4.27. The van der Waals surface area contributed by atoms with Gasteiger partial charge in [-0.2, -0.15) is 0 Å². The molecule has 4 rings (SSSR count). The molecule has 3 aromatic carbocycles. The van der Waals surface area contributed by atoms with Gasteiger partial charge in [0.25, 0.3) is 5.91 Å². The number of fused-ring (bicyclic) bond motifs is 1. The van der Waals surface area contributed by atoms with Gasteiger partial charge >= 0.3 is 0 Å². The number of aryl methyl sites for hydroxylation is 1. The summed E-state index contributed by atoms with van der Waals surface area (Å²) in [6.07, 6.45) is 0. The molecule has 0 saturated carbocycles. The summed E-state index contributed by atoms with van der Waals surface area (Å²) in [5.74, 6) is -0.245. The number of nitrogens with zero attached hydrogens (tertiary/aromatic N) is 1. The van der Waals surface area contributed by atoms with Crippen LogP contribution >= 0.6 is 38.9 Å². The van der Waals surface area contributed by atoms with Gasteiger partial charge in [-0.1, -0.05) is 51.8 Å². The van der Waals surface area contributed by atoms with E-state index in [1.54, 1.807) is 29.5 Å². The van der Waals surface area contributed by atoms with Crippen molar-refractivity contribution in [1.29, 1.82) is 0 Å². The predicted octanol–water partition coefficient (Wildman–Crippen LogP) is 6.94. The molecule has 1 heterocycles. The Balaban J connectivity index is 1.68. The van der Waals surface area contributed by atoms with E-state index in [1.165, 1.54) is 0 Å². The molecule has 0 aliphatic carbocycles. The summed E-state index contributed by atoms with van der Waals surface area (Å²) in [7, 11) is 0. The highest BCUT2D eigenvalue weighted by atomic mass is 79.9. The lowest BCUT2D eigenvalue weighted by atomic mass is 10.1. The van der Waals surface area contributed by atoms with Gasteiger partial charge in [-0.25, -0.2) is 4.98 Å². The molecule has 0 aliphatic rings. The molecule has 0 aliphatic heterocycles. The highest BCUT2D eigenvalue weighted by Crippen LogP contribution is 2.32. The van der Waals surface area contributed by atoms with Crippen molar-refractivity contribution in [3.8, 4) is 10.6 Å². The summed E-state index contributed by atoms with van der Waals surface area (Å²) in [6.45, 7) is 1.96. The zero-order valence-electron chi connectivity index (χ0n) is 14.3. The minimum absolute atomic E-state index is 0.245. The number of rotatable bonds is 3. The third-order valence-corrected chi connectivity index (χ3v) is 6.11. The number of carbonyl (C=O) groups excluding carboxylic acids is 1. The van der Waals surface area contributed by atoms with E-state index < -0.39 is 0 Å². The van der Waals surface area contributed by atoms with Gasteiger partial charge in [-0.3, -0.25) is 4.79 Å². The van der Waals surface area contributed by atoms with Gasteiger partial charge in [-0.15, -0.1) is 11.3 Å². The average molecular weight is 458 g/mol. The standard InChI is InChI=1S/C21H14BrClN2OS/c1-12-6-7-13(21-25-17-4-2-3-5-19(17)27-21)10-18(12)24-20(26)15-11-14(22)8-9-16(15)23/h2-11H,1H3,(H,24,26). The summed E-state index contributed by atoms with van der Waals surface area (Å²) >= 11 is 11.2. The number of anilines is 1. The number of benzene rings is 3. The maximum Gasteiger partial charge on any atom is 0.257 e. The maximum atomic E-state index is 12.7. The first-order valence-electron chi connectivity index (χ1n) is 8.24. The van der Waals surface area contributed by atoms with E-state index >= 15 is 0 Å².